The molecule has 6 heteroatoms. The monoisotopic (exact) mass is 339 g/mol. The molecule has 0 aromatic heterocycles. The van der Waals surface area contributed by atoms with Gasteiger partial charge in [0.1, 0.15) is 0 Å². The van der Waals surface area contributed by atoms with Crippen LogP contribution in [0.15, 0.2) is 18.2 Å². The molecule has 1 heterocycles. The number of hydrogen-bond acceptors (Lipinski definition) is 3. The van der Waals surface area contributed by atoms with Gasteiger partial charge in [0, 0.05) is 36.9 Å². The third kappa shape index (κ3) is 6.01. The number of hydrogen-bond donors (Lipinski definition) is 2. The minimum atomic E-state index is -0.236. The predicted molar refractivity (Wildman–Crippen MR) is 94.2 cm³/mol. The molecular formula is C17H26ClN3O2. The molecule has 0 radical (unpaired) electrons. The molecule has 1 aliphatic heterocycles. The molecule has 0 spiro atoms. The maximum Gasteiger partial charge on any atom is 0.319 e. The van der Waals surface area contributed by atoms with Crippen molar-refractivity contribution >= 4 is 23.3 Å². The standard InChI is InChI=1S/C17H26ClN3O2/c1-12(2)10-21-6-7-23-15(11-21)9-19-17(22)20-16-8-14(18)5-4-13(16)3/h4-5,8,12,15H,6-7,9-11H2,1-3H3,(H2,19,20,22). The van der Waals surface area contributed by atoms with Gasteiger partial charge < -0.3 is 15.4 Å². The fourth-order valence-electron chi connectivity index (χ4n) is 2.69. The molecular weight excluding hydrogens is 314 g/mol. The minimum absolute atomic E-state index is 0.0358. The van der Waals surface area contributed by atoms with Gasteiger partial charge in [0.2, 0.25) is 0 Å². The van der Waals surface area contributed by atoms with Gasteiger partial charge in [-0.05, 0) is 30.5 Å². The molecule has 2 amide bonds. The molecule has 0 aliphatic carbocycles. The van der Waals surface area contributed by atoms with Crippen molar-refractivity contribution in [2.45, 2.75) is 26.9 Å². The van der Waals surface area contributed by atoms with Crippen molar-refractivity contribution in [1.29, 1.82) is 0 Å². The first-order chi connectivity index (χ1) is 10.9. The fourth-order valence-corrected chi connectivity index (χ4v) is 2.86. The van der Waals surface area contributed by atoms with Gasteiger partial charge in [-0.25, -0.2) is 4.79 Å². The van der Waals surface area contributed by atoms with Crippen LogP contribution in [0, 0.1) is 12.8 Å². The van der Waals surface area contributed by atoms with E-state index >= 15 is 0 Å². The summed E-state index contributed by atoms with van der Waals surface area (Å²) in [5.74, 6) is 0.635. The second-order valence-electron chi connectivity index (χ2n) is 6.44. The highest BCUT2D eigenvalue weighted by Gasteiger charge is 2.21. The zero-order valence-corrected chi connectivity index (χ0v) is 14.8. The Hall–Kier alpha value is -1.30. The number of nitrogens with one attached hydrogen (secondary N) is 2. The molecule has 1 aromatic carbocycles. The van der Waals surface area contributed by atoms with Crippen LogP contribution < -0.4 is 10.6 Å². The van der Waals surface area contributed by atoms with Gasteiger partial charge >= 0.3 is 6.03 Å². The van der Waals surface area contributed by atoms with Gasteiger partial charge in [0.25, 0.3) is 0 Å². The van der Waals surface area contributed by atoms with Crippen LogP contribution >= 0.6 is 11.6 Å². The van der Waals surface area contributed by atoms with E-state index in [0.29, 0.717) is 24.1 Å². The van der Waals surface area contributed by atoms with E-state index in [9.17, 15) is 4.79 Å². The molecule has 2 N–H and O–H groups in total. The largest absolute Gasteiger partial charge is 0.374 e. The number of urea groups is 1. The van der Waals surface area contributed by atoms with Crippen LogP contribution in [0.4, 0.5) is 10.5 Å². The van der Waals surface area contributed by atoms with E-state index in [1.54, 1.807) is 12.1 Å². The van der Waals surface area contributed by atoms with E-state index in [-0.39, 0.29) is 12.1 Å². The summed E-state index contributed by atoms with van der Waals surface area (Å²) in [6, 6.07) is 5.20. The quantitative estimate of drug-likeness (QED) is 0.866. The van der Waals surface area contributed by atoms with Crippen LogP contribution in [0.3, 0.4) is 0 Å². The fraction of sp³-hybridized carbons (Fsp3) is 0.588. The van der Waals surface area contributed by atoms with Crippen LogP contribution in [0.25, 0.3) is 0 Å². The average molecular weight is 340 g/mol. The highest BCUT2D eigenvalue weighted by molar-refractivity contribution is 6.31. The number of anilines is 1. The highest BCUT2D eigenvalue weighted by Crippen LogP contribution is 2.19. The molecule has 23 heavy (non-hydrogen) atoms. The third-order valence-corrected chi connectivity index (χ3v) is 4.02. The van der Waals surface area contributed by atoms with Gasteiger partial charge in [0.15, 0.2) is 0 Å². The van der Waals surface area contributed by atoms with Crippen molar-refractivity contribution < 1.29 is 9.53 Å². The van der Waals surface area contributed by atoms with E-state index in [1.807, 2.05) is 13.0 Å². The second kappa shape index (κ2) is 8.52. The topological polar surface area (TPSA) is 53.6 Å². The Morgan fingerprint density at radius 1 is 1.48 bits per heavy atom. The molecule has 1 atom stereocenters. The van der Waals surface area contributed by atoms with Gasteiger partial charge in [-0.15, -0.1) is 0 Å². The van der Waals surface area contributed by atoms with Crippen LogP contribution in [-0.4, -0.2) is 49.8 Å². The first kappa shape index (κ1) is 18.0. The number of morpholine rings is 1. The molecule has 1 aromatic rings. The maximum absolute atomic E-state index is 12.0. The van der Waals surface area contributed by atoms with Crippen LogP contribution in [0.1, 0.15) is 19.4 Å². The van der Waals surface area contributed by atoms with Crippen LogP contribution in [-0.2, 0) is 4.74 Å². The molecule has 1 aliphatic rings. The molecule has 1 unspecified atom stereocenters. The van der Waals surface area contributed by atoms with E-state index in [0.717, 1.165) is 30.9 Å². The first-order valence-electron chi connectivity index (χ1n) is 8.09. The Kier molecular flexibility index (Phi) is 6.69. The van der Waals surface area contributed by atoms with E-state index in [4.69, 9.17) is 16.3 Å². The maximum atomic E-state index is 12.0. The normalized spacial score (nSPS) is 18.9. The first-order valence-corrected chi connectivity index (χ1v) is 8.47. The van der Waals surface area contributed by atoms with Crippen LogP contribution in [0.5, 0.6) is 0 Å². The third-order valence-electron chi connectivity index (χ3n) is 3.78. The summed E-state index contributed by atoms with van der Waals surface area (Å²) in [4.78, 5) is 14.4. The van der Waals surface area contributed by atoms with Gasteiger partial charge in [-0.2, -0.15) is 0 Å². The summed E-state index contributed by atoms with van der Waals surface area (Å²) in [6.45, 7) is 10.5. The van der Waals surface area contributed by atoms with E-state index < -0.39 is 0 Å². The lowest BCUT2D eigenvalue weighted by Gasteiger charge is -2.33. The number of ether oxygens (including phenoxy) is 1. The Labute approximate surface area is 143 Å². The van der Waals surface area contributed by atoms with Gasteiger partial charge in [0.05, 0.1) is 12.7 Å². The van der Waals surface area contributed by atoms with E-state index in [2.05, 4.69) is 29.4 Å². The number of nitrogens with zero attached hydrogens (tertiary/aromatic N) is 1. The van der Waals surface area contributed by atoms with Gasteiger partial charge in [-0.3, -0.25) is 4.90 Å². The van der Waals surface area contributed by atoms with Crippen molar-refractivity contribution in [2.24, 2.45) is 5.92 Å². The summed E-state index contributed by atoms with van der Waals surface area (Å²) >= 11 is 5.96. The summed E-state index contributed by atoms with van der Waals surface area (Å²) in [5.41, 5.74) is 1.70. The molecule has 0 bridgehead atoms. The molecule has 0 saturated carbocycles. The van der Waals surface area contributed by atoms with Crippen molar-refractivity contribution in [2.75, 3.05) is 38.1 Å². The average Bonchev–Trinajstić information content (AvgIpc) is 2.49. The van der Waals surface area contributed by atoms with Crippen molar-refractivity contribution in [1.82, 2.24) is 10.2 Å². The highest BCUT2D eigenvalue weighted by atomic mass is 35.5. The minimum Gasteiger partial charge on any atom is -0.374 e. The zero-order valence-electron chi connectivity index (χ0n) is 14.1. The number of halogens is 1. The predicted octanol–water partition coefficient (Wildman–Crippen LogP) is 3.13. The smallest absolute Gasteiger partial charge is 0.319 e. The molecule has 5 nitrogen and oxygen atoms in total. The lowest BCUT2D eigenvalue weighted by Crippen LogP contribution is -2.48. The second-order valence-corrected chi connectivity index (χ2v) is 6.88. The SMILES string of the molecule is Cc1ccc(Cl)cc1NC(=O)NCC1CN(CC(C)C)CCO1. The zero-order chi connectivity index (χ0) is 16.8. The van der Waals surface area contributed by atoms with Crippen molar-refractivity contribution in [3.05, 3.63) is 28.8 Å². The number of aryl methyl sites for hydroxylation is 1. The summed E-state index contributed by atoms with van der Waals surface area (Å²) < 4.78 is 5.73. The lowest BCUT2D eigenvalue weighted by atomic mass is 10.2. The van der Waals surface area contributed by atoms with Crippen molar-refractivity contribution in [3.8, 4) is 0 Å². The Bertz CT molecular complexity index is 537. The Balaban J connectivity index is 1.78. The molecule has 128 valence electrons. The Morgan fingerprint density at radius 2 is 2.26 bits per heavy atom. The number of rotatable bonds is 5. The summed E-state index contributed by atoms with van der Waals surface area (Å²) in [6.07, 6.45) is 0.0358. The van der Waals surface area contributed by atoms with Crippen molar-refractivity contribution in [3.63, 3.8) is 0 Å². The van der Waals surface area contributed by atoms with Gasteiger partial charge in [-0.1, -0.05) is 31.5 Å². The Morgan fingerprint density at radius 3 is 3.00 bits per heavy atom. The lowest BCUT2D eigenvalue weighted by molar-refractivity contribution is -0.0288. The number of amides is 2. The number of carbonyl (C=O) groups excluding carboxylic acids is 1. The number of benzene rings is 1. The molecule has 1 saturated heterocycles. The van der Waals surface area contributed by atoms with E-state index in [1.165, 1.54) is 0 Å². The summed E-state index contributed by atoms with van der Waals surface area (Å²) in [7, 11) is 0. The van der Waals surface area contributed by atoms with Crippen LogP contribution in [0.2, 0.25) is 5.02 Å². The number of carbonyl (C=O) groups is 1. The molecule has 1 fully saturated rings. The molecule has 2 rings (SSSR count). The summed E-state index contributed by atoms with van der Waals surface area (Å²) in [5, 5.41) is 6.31.